The van der Waals surface area contributed by atoms with E-state index >= 15 is 0 Å². The average molecular weight is 208 g/mol. The summed E-state index contributed by atoms with van der Waals surface area (Å²) in [4.78, 5) is 0. The Labute approximate surface area is 93.6 Å². The third kappa shape index (κ3) is 1.47. The van der Waals surface area contributed by atoms with Gasteiger partial charge in [0.05, 0.1) is 5.60 Å². The van der Waals surface area contributed by atoms with E-state index in [9.17, 15) is 5.11 Å². The van der Waals surface area contributed by atoms with Crippen molar-refractivity contribution in [3.8, 4) is 0 Å². The molecule has 86 valence electrons. The molecular formula is C14H24O. The highest BCUT2D eigenvalue weighted by Gasteiger charge is 2.51. The van der Waals surface area contributed by atoms with E-state index in [-0.39, 0.29) is 5.41 Å². The van der Waals surface area contributed by atoms with Gasteiger partial charge in [0, 0.05) is 5.41 Å². The van der Waals surface area contributed by atoms with Crippen LogP contribution in [0, 0.1) is 17.3 Å². The van der Waals surface area contributed by atoms with E-state index in [1.54, 1.807) is 0 Å². The summed E-state index contributed by atoms with van der Waals surface area (Å²) in [5.41, 5.74) is 0.582. The Morgan fingerprint density at radius 1 is 1.20 bits per heavy atom. The Hall–Kier alpha value is -0.300. The van der Waals surface area contributed by atoms with Crippen molar-refractivity contribution in [3.05, 3.63) is 11.6 Å². The van der Waals surface area contributed by atoms with Crippen LogP contribution in [-0.2, 0) is 0 Å². The summed E-state index contributed by atoms with van der Waals surface area (Å²) in [7, 11) is 0. The first-order chi connectivity index (χ1) is 6.87. The van der Waals surface area contributed by atoms with Gasteiger partial charge in [0.15, 0.2) is 0 Å². The molecule has 1 fully saturated rings. The summed E-state index contributed by atoms with van der Waals surface area (Å²) < 4.78 is 0. The number of rotatable bonds is 0. The molecule has 1 heteroatoms. The van der Waals surface area contributed by atoms with Crippen molar-refractivity contribution in [1.29, 1.82) is 0 Å². The Morgan fingerprint density at radius 2 is 1.80 bits per heavy atom. The lowest BCUT2D eigenvalue weighted by atomic mass is 9.54. The zero-order valence-corrected chi connectivity index (χ0v) is 10.5. The SMILES string of the molecule is CC1=CC2CCCCC2C(C)(C)C1(C)O. The Balaban J connectivity index is 2.41. The van der Waals surface area contributed by atoms with Crippen LogP contribution >= 0.6 is 0 Å². The molecule has 0 aromatic carbocycles. The lowest BCUT2D eigenvalue weighted by molar-refractivity contribution is -0.0850. The summed E-state index contributed by atoms with van der Waals surface area (Å²) in [6, 6.07) is 0. The number of hydrogen-bond donors (Lipinski definition) is 1. The van der Waals surface area contributed by atoms with Crippen molar-refractivity contribution in [1.82, 2.24) is 0 Å². The van der Waals surface area contributed by atoms with Crippen LogP contribution in [0.4, 0.5) is 0 Å². The van der Waals surface area contributed by atoms with Crippen molar-refractivity contribution in [2.45, 2.75) is 59.0 Å². The van der Waals surface area contributed by atoms with Crippen LogP contribution in [0.2, 0.25) is 0 Å². The molecule has 0 spiro atoms. The van der Waals surface area contributed by atoms with Gasteiger partial charge in [-0.2, -0.15) is 0 Å². The maximum Gasteiger partial charge on any atom is 0.0879 e. The predicted molar refractivity (Wildman–Crippen MR) is 63.6 cm³/mol. The van der Waals surface area contributed by atoms with E-state index in [1.165, 1.54) is 31.3 Å². The smallest absolute Gasteiger partial charge is 0.0879 e. The molecule has 2 rings (SSSR count). The van der Waals surface area contributed by atoms with Gasteiger partial charge in [-0.3, -0.25) is 0 Å². The molecule has 1 saturated carbocycles. The molecule has 0 radical (unpaired) electrons. The Morgan fingerprint density at radius 3 is 2.47 bits per heavy atom. The lowest BCUT2D eigenvalue weighted by Crippen LogP contribution is -2.53. The van der Waals surface area contributed by atoms with Gasteiger partial charge < -0.3 is 5.11 Å². The summed E-state index contributed by atoms with van der Waals surface area (Å²) in [6.45, 7) is 8.56. The first-order valence-electron chi connectivity index (χ1n) is 6.28. The van der Waals surface area contributed by atoms with Gasteiger partial charge in [0.1, 0.15) is 0 Å². The monoisotopic (exact) mass is 208 g/mol. The predicted octanol–water partition coefficient (Wildman–Crippen LogP) is 3.53. The zero-order valence-electron chi connectivity index (χ0n) is 10.5. The number of hydrogen-bond acceptors (Lipinski definition) is 1. The highest BCUT2D eigenvalue weighted by atomic mass is 16.3. The van der Waals surface area contributed by atoms with E-state index in [4.69, 9.17) is 0 Å². The topological polar surface area (TPSA) is 20.2 Å². The molecule has 1 nitrogen and oxygen atoms in total. The second-order valence-electron chi connectivity index (χ2n) is 6.20. The second kappa shape index (κ2) is 3.35. The van der Waals surface area contributed by atoms with E-state index in [2.05, 4.69) is 26.8 Å². The van der Waals surface area contributed by atoms with E-state index in [0.717, 1.165) is 0 Å². The number of allylic oxidation sites excluding steroid dienone is 1. The fraction of sp³-hybridized carbons (Fsp3) is 0.857. The molecule has 15 heavy (non-hydrogen) atoms. The van der Waals surface area contributed by atoms with Crippen LogP contribution < -0.4 is 0 Å². The number of aliphatic hydroxyl groups is 1. The van der Waals surface area contributed by atoms with Gasteiger partial charge in [-0.05, 0) is 44.1 Å². The quantitative estimate of drug-likeness (QED) is 0.604. The molecule has 2 aliphatic carbocycles. The minimum Gasteiger partial charge on any atom is -0.385 e. The van der Waals surface area contributed by atoms with Crippen LogP contribution in [0.1, 0.15) is 53.4 Å². The molecular weight excluding hydrogens is 184 g/mol. The molecule has 0 amide bonds. The normalized spacial score (nSPS) is 44.5. The van der Waals surface area contributed by atoms with Crippen LogP contribution in [0.15, 0.2) is 11.6 Å². The first-order valence-corrected chi connectivity index (χ1v) is 6.28. The largest absolute Gasteiger partial charge is 0.385 e. The van der Waals surface area contributed by atoms with Crippen molar-refractivity contribution in [2.75, 3.05) is 0 Å². The van der Waals surface area contributed by atoms with Crippen LogP contribution in [-0.4, -0.2) is 10.7 Å². The molecule has 1 N–H and O–H groups in total. The van der Waals surface area contributed by atoms with Crippen molar-refractivity contribution < 1.29 is 5.11 Å². The highest BCUT2D eigenvalue weighted by molar-refractivity contribution is 5.25. The fourth-order valence-corrected chi connectivity index (χ4v) is 3.61. The van der Waals surface area contributed by atoms with Crippen LogP contribution in [0.25, 0.3) is 0 Å². The molecule has 3 unspecified atom stereocenters. The summed E-state index contributed by atoms with van der Waals surface area (Å²) in [5, 5.41) is 10.6. The van der Waals surface area contributed by atoms with Crippen LogP contribution in [0.3, 0.4) is 0 Å². The summed E-state index contributed by atoms with van der Waals surface area (Å²) in [6.07, 6.45) is 7.66. The molecule has 2 aliphatic rings. The molecule has 3 atom stereocenters. The highest BCUT2D eigenvalue weighted by Crippen LogP contribution is 2.54. The minimum atomic E-state index is -0.620. The van der Waals surface area contributed by atoms with Crippen molar-refractivity contribution in [2.24, 2.45) is 17.3 Å². The second-order valence-corrected chi connectivity index (χ2v) is 6.20. The third-order valence-corrected chi connectivity index (χ3v) is 5.23. The Kier molecular flexibility index (Phi) is 2.50. The maximum absolute atomic E-state index is 10.6. The minimum absolute atomic E-state index is 0.0247. The van der Waals surface area contributed by atoms with Gasteiger partial charge >= 0.3 is 0 Å². The maximum atomic E-state index is 10.6. The molecule has 0 aliphatic heterocycles. The number of fused-ring (bicyclic) bond motifs is 1. The zero-order chi connectivity index (χ0) is 11.3. The summed E-state index contributed by atoms with van der Waals surface area (Å²) >= 11 is 0. The third-order valence-electron chi connectivity index (χ3n) is 5.23. The molecule has 0 heterocycles. The van der Waals surface area contributed by atoms with E-state index in [1.807, 2.05) is 6.92 Å². The first kappa shape index (κ1) is 11.2. The van der Waals surface area contributed by atoms with Gasteiger partial charge in [-0.15, -0.1) is 0 Å². The average Bonchev–Trinajstić information content (AvgIpc) is 2.16. The standard InChI is InChI=1S/C14H24O/c1-10-9-11-7-5-6-8-12(11)13(2,3)14(10,4)15/h9,11-12,15H,5-8H2,1-4H3. The summed E-state index contributed by atoms with van der Waals surface area (Å²) in [5.74, 6) is 1.39. The van der Waals surface area contributed by atoms with Gasteiger partial charge in [0.2, 0.25) is 0 Å². The fourth-order valence-electron chi connectivity index (χ4n) is 3.61. The van der Waals surface area contributed by atoms with Crippen LogP contribution in [0.5, 0.6) is 0 Å². The molecule has 0 saturated heterocycles. The lowest BCUT2D eigenvalue weighted by Gasteiger charge is -2.53. The van der Waals surface area contributed by atoms with Gasteiger partial charge in [0.25, 0.3) is 0 Å². The van der Waals surface area contributed by atoms with E-state index < -0.39 is 5.60 Å². The van der Waals surface area contributed by atoms with Crippen molar-refractivity contribution in [3.63, 3.8) is 0 Å². The van der Waals surface area contributed by atoms with Crippen molar-refractivity contribution >= 4 is 0 Å². The molecule has 0 aromatic rings. The molecule has 0 aromatic heterocycles. The molecule has 0 bridgehead atoms. The Bertz CT molecular complexity index is 286. The van der Waals surface area contributed by atoms with Gasteiger partial charge in [-0.25, -0.2) is 0 Å². The van der Waals surface area contributed by atoms with Gasteiger partial charge in [-0.1, -0.05) is 32.8 Å². The van der Waals surface area contributed by atoms with E-state index in [0.29, 0.717) is 11.8 Å².